The van der Waals surface area contributed by atoms with Gasteiger partial charge in [-0.05, 0) is 73.1 Å². The molecule has 2 aliphatic rings. The van der Waals surface area contributed by atoms with Gasteiger partial charge in [0.15, 0.2) is 23.1 Å². The number of alkyl halides is 3. The number of Topliss-reactive ketones (excluding diaryl/α,β-unsaturated/α-hetero) is 4. The van der Waals surface area contributed by atoms with Gasteiger partial charge in [0.1, 0.15) is 6.61 Å². The molecule has 6 nitrogen and oxygen atoms in total. The van der Waals surface area contributed by atoms with Gasteiger partial charge in [-0.25, -0.2) is 0 Å². The van der Waals surface area contributed by atoms with Gasteiger partial charge in [0.25, 0.3) is 0 Å². The summed E-state index contributed by atoms with van der Waals surface area (Å²) in [6.07, 6.45) is 10.7. The number of rotatable bonds is 24. The molecule has 2 rings (SSSR count). The molecule has 0 amide bonds. The third-order valence-corrected chi connectivity index (χ3v) is 9.64. The van der Waals surface area contributed by atoms with E-state index in [-0.39, 0.29) is 29.7 Å². The molecular weight excluding hydrogens is 621 g/mol. The molecule has 0 bridgehead atoms. The van der Waals surface area contributed by atoms with Crippen molar-refractivity contribution in [3.63, 3.8) is 0 Å². The van der Waals surface area contributed by atoms with Crippen LogP contribution in [0.3, 0.4) is 0 Å². The summed E-state index contributed by atoms with van der Waals surface area (Å²) in [5.74, 6) is -0.0609. The zero-order valence-corrected chi connectivity index (χ0v) is 29.9. The van der Waals surface area contributed by atoms with Gasteiger partial charge in [-0.3, -0.25) is 19.2 Å². The Bertz CT molecular complexity index is 1260. The van der Waals surface area contributed by atoms with E-state index in [0.717, 1.165) is 83.5 Å². The minimum atomic E-state index is -4.26. The molecular formula is C39H57F3O6. The molecule has 0 fully saturated rings. The van der Waals surface area contributed by atoms with Crippen LogP contribution in [0, 0.1) is 0 Å². The maximum Gasteiger partial charge on any atom is 0.411 e. The van der Waals surface area contributed by atoms with E-state index in [1.807, 2.05) is 0 Å². The first-order valence-electron chi connectivity index (χ1n) is 18.0. The number of carbonyl (C=O) groups is 4. The molecule has 0 aromatic rings. The number of unbranched alkanes of at least 4 members (excludes halogenated alkanes) is 12. The van der Waals surface area contributed by atoms with Crippen molar-refractivity contribution in [2.24, 2.45) is 0 Å². The van der Waals surface area contributed by atoms with Crippen LogP contribution < -0.4 is 0 Å². The van der Waals surface area contributed by atoms with Crippen molar-refractivity contribution in [2.75, 3.05) is 26.4 Å². The van der Waals surface area contributed by atoms with E-state index >= 15 is 0 Å². The lowest BCUT2D eigenvalue weighted by Gasteiger charge is -2.21. The third kappa shape index (κ3) is 13.7. The fourth-order valence-corrected chi connectivity index (χ4v) is 6.38. The Labute approximate surface area is 285 Å². The standard InChI is InChI=1S/C39H57F3O6/c1-27-28(2)37(45)32(29(3)35(27)43)20-16-13-9-11-14-18-23-47-25-22-34-31(5)36(44)30(4)33(38(34)46)21-17-12-8-6-7-10-15-19-24-48-26-39(40,41)42/h6-26H2,1-5H3. The largest absolute Gasteiger partial charge is 0.411 e. The van der Waals surface area contributed by atoms with Crippen molar-refractivity contribution in [1.29, 1.82) is 0 Å². The SMILES string of the molecule is CC1=C(C)C(=O)C(CCCCCCCCOCCC2=C(C)C(=O)C(C)=C(CCCCCCCCCCOCC(F)(F)F)C2=O)=C(C)C1=O. The number of carbonyl (C=O) groups excluding carboxylic acids is 4. The van der Waals surface area contributed by atoms with Crippen LogP contribution in [0.5, 0.6) is 0 Å². The fraction of sp³-hybridized carbons (Fsp3) is 0.692. The summed E-state index contributed by atoms with van der Waals surface area (Å²) in [5.41, 5.74) is 4.70. The molecule has 0 aromatic heterocycles. The zero-order valence-electron chi connectivity index (χ0n) is 29.9. The number of halogens is 3. The van der Waals surface area contributed by atoms with E-state index in [1.54, 1.807) is 34.6 Å². The van der Waals surface area contributed by atoms with Crippen molar-refractivity contribution >= 4 is 23.1 Å². The average Bonchev–Trinajstić information content (AvgIpc) is 3.04. The van der Waals surface area contributed by atoms with E-state index in [1.165, 1.54) is 0 Å². The van der Waals surface area contributed by atoms with Gasteiger partial charge >= 0.3 is 6.18 Å². The van der Waals surface area contributed by atoms with Gasteiger partial charge in [0.2, 0.25) is 0 Å². The van der Waals surface area contributed by atoms with Crippen LogP contribution >= 0.6 is 0 Å². The molecule has 0 heterocycles. The highest BCUT2D eigenvalue weighted by Gasteiger charge is 2.30. The molecule has 0 aromatic carbocycles. The Morgan fingerprint density at radius 2 is 0.750 bits per heavy atom. The lowest BCUT2D eigenvalue weighted by atomic mass is 9.82. The van der Waals surface area contributed by atoms with Gasteiger partial charge in [0.05, 0.1) is 6.61 Å². The van der Waals surface area contributed by atoms with Gasteiger partial charge in [-0.2, -0.15) is 13.2 Å². The number of hydrogen-bond acceptors (Lipinski definition) is 6. The molecule has 270 valence electrons. The van der Waals surface area contributed by atoms with Crippen LogP contribution in [0.2, 0.25) is 0 Å². The van der Waals surface area contributed by atoms with Gasteiger partial charge in [-0.1, -0.05) is 64.2 Å². The molecule has 0 saturated carbocycles. The number of hydrogen-bond donors (Lipinski definition) is 0. The summed E-state index contributed by atoms with van der Waals surface area (Å²) >= 11 is 0. The van der Waals surface area contributed by atoms with E-state index in [9.17, 15) is 32.3 Å². The van der Waals surface area contributed by atoms with Gasteiger partial charge < -0.3 is 9.47 Å². The number of ether oxygens (including phenoxy) is 2. The van der Waals surface area contributed by atoms with Crippen molar-refractivity contribution in [2.45, 2.75) is 150 Å². The summed E-state index contributed by atoms with van der Waals surface area (Å²) in [5, 5.41) is 0. The monoisotopic (exact) mass is 678 g/mol. The topological polar surface area (TPSA) is 86.7 Å². The molecule has 0 radical (unpaired) electrons. The Kier molecular flexibility index (Phi) is 18.5. The molecule has 0 atom stereocenters. The van der Waals surface area contributed by atoms with Crippen LogP contribution in [0.15, 0.2) is 44.6 Å². The molecule has 48 heavy (non-hydrogen) atoms. The van der Waals surface area contributed by atoms with E-state index in [2.05, 4.69) is 4.74 Å². The molecule has 0 aliphatic heterocycles. The minimum absolute atomic E-state index is 0.00796. The first kappa shape index (κ1) is 41.5. The molecule has 0 spiro atoms. The van der Waals surface area contributed by atoms with Crippen molar-refractivity contribution in [3.8, 4) is 0 Å². The highest BCUT2D eigenvalue weighted by molar-refractivity contribution is 6.25. The van der Waals surface area contributed by atoms with Crippen LogP contribution in [-0.4, -0.2) is 55.7 Å². The second-order valence-electron chi connectivity index (χ2n) is 13.4. The van der Waals surface area contributed by atoms with E-state index < -0.39 is 12.8 Å². The molecule has 0 unspecified atom stereocenters. The number of ketones is 4. The Hall–Kier alpha value is -2.65. The maximum atomic E-state index is 13.3. The van der Waals surface area contributed by atoms with Crippen molar-refractivity contribution in [1.82, 2.24) is 0 Å². The lowest BCUT2D eigenvalue weighted by Crippen LogP contribution is -2.23. The second-order valence-corrected chi connectivity index (χ2v) is 13.4. The minimum Gasteiger partial charge on any atom is -0.381 e. The maximum absolute atomic E-state index is 13.3. The average molecular weight is 679 g/mol. The van der Waals surface area contributed by atoms with Crippen molar-refractivity contribution < 1.29 is 41.8 Å². The quantitative estimate of drug-likeness (QED) is 0.0746. The van der Waals surface area contributed by atoms with Crippen LogP contribution in [-0.2, 0) is 28.7 Å². The first-order valence-corrected chi connectivity index (χ1v) is 18.0. The predicted molar refractivity (Wildman–Crippen MR) is 183 cm³/mol. The summed E-state index contributed by atoms with van der Waals surface area (Å²) in [4.78, 5) is 51.1. The number of allylic oxidation sites excluding steroid dienone is 7. The smallest absolute Gasteiger partial charge is 0.381 e. The van der Waals surface area contributed by atoms with Crippen LogP contribution in [0.1, 0.15) is 144 Å². The molecule has 9 heteroatoms. The zero-order chi connectivity index (χ0) is 35.7. The van der Waals surface area contributed by atoms with E-state index in [0.29, 0.717) is 83.5 Å². The highest BCUT2D eigenvalue weighted by Crippen LogP contribution is 2.30. The Morgan fingerprint density at radius 1 is 0.396 bits per heavy atom. The molecule has 0 N–H and O–H groups in total. The summed E-state index contributed by atoms with van der Waals surface area (Å²) in [6, 6.07) is 0. The van der Waals surface area contributed by atoms with Crippen LogP contribution in [0.4, 0.5) is 13.2 Å². The Morgan fingerprint density at radius 3 is 1.23 bits per heavy atom. The molecule has 2 aliphatic carbocycles. The summed E-state index contributed by atoms with van der Waals surface area (Å²) in [6.45, 7) is 8.67. The first-order chi connectivity index (χ1) is 22.8. The second kappa shape index (κ2) is 21.4. The highest BCUT2D eigenvalue weighted by atomic mass is 19.4. The molecule has 0 saturated heterocycles. The normalized spacial score (nSPS) is 16.4. The summed E-state index contributed by atoms with van der Waals surface area (Å²) in [7, 11) is 0. The Balaban J connectivity index is 1.55. The third-order valence-electron chi connectivity index (χ3n) is 9.64. The van der Waals surface area contributed by atoms with E-state index in [4.69, 9.17) is 4.74 Å². The van der Waals surface area contributed by atoms with Crippen molar-refractivity contribution in [3.05, 3.63) is 44.6 Å². The summed E-state index contributed by atoms with van der Waals surface area (Å²) < 4.78 is 46.7. The predicted octanol–water partition coefficient (Wildman–Crippen LogP) is 9.80. The fourth-order valence-electron chi connectivity index (χ4n) is 6.38. The van der Waals surface area contributed by atoms with Gasteiger partial charge in [-0.15, -0.1) is 0 Å². The van der Waals surface area contributed by atoms with Gasteiger partial charge in [0, 0.05) is 64.2 Å². The lowest BCUT2D eigenvalue weighted by molar-refractivity contribution is -0.174. The van der Waals surface area contributed by atoms with Crippen LogP contribution in [0.25, 0.3) is 0 Å².